The number of nitrogens with two attached hydrogens (primary N) is 1. The van der Waals surface area contributed by atoms with Crippen molar-refractivity contribution in [1.29, 1.82) is 0 Å². The van der Waals surface area contributed by atoms with Crippen LogP contribution < -0.4 is 16.2 Å². The number of rotatable bonds is 4. The number of nitrogen functional groups attached to an aromatic ring is 1. The van der Waals surface area contributed by atoms with Crippen molar-refractivity contribution >= 4 is 11.8 Å². The molecule has 1 aromatic rings. The second-order valence-electron chi connectivity index (χ2n) is 4.00. The predicted molar refractivity (Wildman–Crippen MR) is 61.9 cm³/mol. The van der Waals surface area contributed by atoms with E-state index in [1.807, 2.05) is 6.07 Å². The van der Waals surface area contributed by atoms with Crippen molar-refractivity contribution in [2.24, 2.45) is 11.8 Å². The summed E-state index contributed by atoms with van der Waals surface area (Å²) in [6.07, 6.45) is 3.66. The second kappa shape index (κ2) is 5.09. The van der Waals surface area contributed by atoms with Crippen LogP contribution in [0.25, 0.3) is 0 Å². The molecule has 1 saturated heterocycles. The van der Waals surface area contributed by atoms with E-state index >= 15 is 0 Å². The Bertz CT molecular complexity index is 346. The van der Waals surface area contributed by atoms with Crippen LogP contribution in [-0.4, -0.2) is 34.8 Å². The first kappa shape index (κ1) is 11.1. The minimum Gasteiger partial charge on any atom is -0.396 e. The number of anilines is 2. The quantitative estimate of drug-likeness (QED) is 0.491. The Kier molecular flexibility index (Phi) is 3.53. The molecule has 88 valence electrons. The van der Waals surface area contributed by atoms with Gasteiger partial charge in [-0.3, -0.25) is 5.43 Å². The maximum absolute atomic E-state index is 8.89. The lowest BCUT2D eigenvalue weighted by Crippen LogP contribution is -2.22. The van der Waals surface area contributed by atoms with Gasteiger partial charge in [-0.2, -0.15) is 4.98 Å². The first-order chi connectivity index (χ1) is 7.83. The highest BCUT2D eigenvalue weighted by Gasteiger charge is 2.23. The molecule has 0 spiro atoms. The first-order valence-corrected chi connectivity index (χ1v) is 5.49. The molecule has 1 atom stereocenters. The van der Waals surface area contributed by atoms with Crippen LogP contribution in [0.5, 0.6) is 0 Å². The van der Waals surface area contributed by atoms with Crippen molar-refractivity contribution in [2.75, 3.05) is 30.0 Å². The van der Waals surface area contributed by atoms with E-state index in [1.54, 1.807) is 6.20 Å². The van der Waals surface area contributed by atoms with Gasteiger partial charge in [0, 0.05) is 25.9 Å². The summed E-state index contributed by atoms with van der Waals surface area (Å²) in [5, 5.41) is 8.89. The maximum Gasteiger partial charge on any atom is 0.239 e. The fourth-order valence-electron chi connectivity index (χ4n) is 2.05. The molecule has 16 heavy (non-hydrogen) atoms. The molecule has 0 aliphatic carbocycles. The fraction of sp³-hybridized carbons (Fsp3) is 0.600. The molecular formula is C10H17N5O. The molecule has 6 nitrogen and oxygen atoms in total. The molecular weight excluding hydrogens is 206 g/mol. The number of aromatic nitrogens is 2. The molecule has 2 rings (SSSR count). The zero-order chi connectivity index (χ0) is 11.4. The Hall–Kier alpha value is -1.40. The van der Waals surface area contributed by atoms with Crippen LogP contribution >= 0.6 is 0 Å². The molecule has 1 fully saturated rings. The minimum atomic E-state index is 0.262. The molecule has 0 radical (unpaired) electrons. The van der Waals surface area contributed by atoms with E-state index < -0.39 is 0 Å². The monoisotopic (exact) mass is 223 g/mol. The number of nitrogens with zero attached hydrogens (tertiary/aromatic N) is 3. The summed E-state index contributed by atoms with van der Waals surface area (Å²) in [5.74, 6) is 7.16. The van der Waals surface area contributed by atoms with Crippen LogP contribution in [0.1, 0.15) is 12.8 Å². The van der Waals surface area contributed by atoms with Gasteiger partial charge in [0.15, 0.2) is 0 Å². The Morgan fingerprint density at radius 3 is 3.25 bits per heavy atom. The zero-order valence-electron chi connectivity index (χ0n) is 9.13. The summed E-state index contributed by atoms with van der Waals surface area (Å²) in [5.41, 5.74) is 2.44. The van der Waals surface area contributed by atoms with Gasteiger partial charge in [-0.1, -0.05) is 0 Å². The van der Waals surface area contributed by atoms with Crippen LogP contribution in [0, 0.1) is 5.92 Å². The molecule has 0 amide bonds. The van der Waals surface area contributed by atoms with Gasteiger partial charge < -0.3 is 10.0 Å². The lowest BCUT2D eigenvalue weighted by Gasteiger charge is -2.17. The largest absolute Gasteiger partial charge is 0.396 e. The Balaban J connectivity index is 2.02. The minimum absolute atomic E-state index is 0.262. The third-order valence-corrected chi connectivity index (χ3v) is 2.92. The predicted octanol–water partition coefficient (Wildman–Crippen LogP) is -0.0291. The van der Waals surface area contributed by atoms with Crippen molar-refractivity contribution < 1.29 is 5.11 Å². The van der Waals surface area contributed by atoms with E-state index in [-0.39, 0.29) is 6.61 Å². The highest BCUT2D eigenvalue weighted by molar-refractivity contribution is 5.42. The summed E-state index contributed by atoms with van der Waals surface area (Å²) in [4.78, 5) is 10.5. The van der Waals surface area contributed by atoms with Crippen LogP contribution in [0.15, 0.2) is 12.3 Å². The molecule has 1 aliphatic heterocycles. The van der Waals surface area contributed by atoms with Gasteiger partial charge in [0.05, 0.1) is 0 Å². The van der Waals surface area contributed by atoms with E-state index in [9.17, 15) is 0 Å². The van der Waals surface area contributed by atoms with Gasteiger partial charge in [-0.25, -0.2) is 10.8 Å². The maximum atomic E-state index is 8.89. The van der Waals surface area contributed by atoms with Crippen molar-refractivity contribution in [3.05, 3.63) is 12.3 Å². The van der Waals surface area contributed by atoms with E-state index in [1.165, 1.54) is 0 Å². The summed E-state index contributed by atoms with van der Waals surface area (Å²) >= 11 is 0. The normalized spacial score (nSPS) is 20.1. The number of aliphatic hydroxyl groups is 1. The van der Waals surface area contributed by atoms with Crippen LogP contribution in [0.3, 0.4) is 0 Å². The van der Waals surface area contributed by atoms with E-state index in [2.05, 4.69) is 20.3 Å². The fourth-order valence-corrected chi connectivity index (χ4v) is 2.05. The van der Waals surface area contributed by atoms with Crippen molar-refractivity contribution in [3.8, 4) is 0 Å². The van der Waals surface area contributed by atoms with Crippen LogP contribution in [-0.2, 0) is 0 Å². The van der Waals surface area contributed by atoms with E-state index in [4.69, 9.17) is 10.9 Å². The standard InChI is InChI=1S/C10H17N5O/c11-14-10-12-4-1-9(13-10)15-5-2-8(7-15)3-6-16/h1,4,8,16H,2-3,5-7,11H2,(H,12,13,14). The lowest BCUT2D eigenvalue weighted by atomic mass is 10.1. The molecule has 6 heteroatoms. The van der Waals surface area contributed by atoms with Gasteiger partial charge >= 0.3 is 0 Å². The second-order valence-corrected chi connectivity index (χ2v) is 4.00. The van der Waals surface area contributed by atoms with Gasteiger partial charge in [-0.05, 0) is 24.8 Å². The Morgan fingerprint density at radius 2 is 2.50 bits per heavy atom. The molecule has 4 N–H and O–H groups in total. The Labute approximate surface area is 94.5 Å². The molecule has 1 unspecified atom stereocenters. The topological polar surface area (TPSA) is 87.3 Å². The third kappa shape index (κ3) is 2.40. The molecule has 0 aromatic carbocycles. The number of hydrazine groups is 1. The van der Waals surface area contributed by atoms with Gasteiger partial charge in [-0.15, -0.1) is 0 Å². The number of hydrogen-bond donors (Lipinski definition) is 3. The zero-order valence-corrected chi connectivity index (χ0v) is 9.13. The molecule has 1 aromatic heterocycles. The number of hydrogen-bond acceptors (Lipinski definition) is 6. The highest BCUT2D eigenvalue weighted by Crippen LogP contribution is 2.24. The summed E-state index contributed by atoms with van der Waals surface area (Å²) < 4.78 is 0. The van der Waals surface area contributed by atoms with Gasteiger partial charge in [0.25, 0.3) is 0 Å². The van der Waals surface area contributed by atoms with Crippen molar-refractivity contribution in [1.82, 2.24) is 9.97 Å². The van der Waals surface area contributed by atoms with E-state index in [0.717, 1.165) is 31.7 Å². The smallest absolute Gasteiger partial charge is 0.239 e. The first-order valence-electron chi connectivity index (χ1n) is 5.49. The molecule has 0 saturated carbocycles. The van der Waals surface area contributed by atoms with Gasteiger partial charge in [0.1, 0.15) is 5.82 Å². The van der Waals surface area contributed by atoms with Crippen LogP contribution in [0.2, 0.25) is 0 Å². The number of nitrogens with one attached hydrogen (secondary N) is 1. The number of aliphatic hydroxyl groups excluding tert-OH is 1. The highest BCUT2D eigenvalue weighted by atomic mass is 16.3. The SMILES string of the molecule is NNc1nccc(N2CCC(CCO)C2)n1. The molecule has 0 bridgehead atoms. The van der Waals surface area contributed by atoms with Crippen molar-refractivity contribution in [2.45, 2.75) is 12.8 Å². The van der Waals surface area contributed by atoms with Gasteiger partial charge in [0.2, 0.25) is 5.95 Å². The summed E-state index contributed by atoms with van der Waals surface area (Å²) in [7, 11) is 0. The Morgan fingerprint density at radius 1 is 1.62 bits per heavy atom. The van der Waals surface area contributed by atoms with Crippen LogP contribution in [0.4, 0.5) is 11.8 Å². The molecule has 1 aliphatic rings. The summed E-state index contributed by atoms with van der Waals surface area (Å²) in [6.45, 7) is 2.19. The molecule has 2 heterocycles. The van der Waals surface area contributed by atoms with Crippen molar-refractivity contribution in [3.63, 3.8) is 0 Å². The average Bonchev–Trinajstić information content (AvgIpc) is 2.78. The lowest BCUT2D eigenvalue weighted by molar-refractivity contribution is 0.263. The average molecular weight is 223 g/mol. The third-order valence-electron chi connectivity index (χ3n) is 2.92. The van der Waals surface area contributed by atoms with E-state index in [0.29, 0.717) is 11.9 Å². The summed E-state index contributed by atoms with van der Waals surface area (Å²) in [6, 6.07) is 1.88.